The van der Waals surface area contributed by atoms with Gasteiger partial charge in [-0.15, -0.1) is 0 Å². The number of esters is 1. The van der Waals surface area contributed by atoms with Crippen LogP contribution in [0.2, 0.25) is 0 Å². The normalized spacial score (nSPS) is 16.1. The summed E-state index contributed by atoms with van der Waals surface area (Å²) in [6.45, 7) is 4.07. The highest BCUT2D eigenvalue weighted by Gasteiger charge is 2.33. The molecule has 0 bridgehead atoms. The molecule has 0 aliphatic carbocycles. The molecule has 3 rings (SSSR count). The number of nitrogens with one attached hydrogen (secondary N) is 1. The van der Waals surface area contributed by atoms with Crippen molar-refractivity contribution in [2.45, 2.75) is 50.2 Å². The average molecular weight is 489 g/mol. The molecule has 0 spiro atoms. The Hall–Kier alpha value is -2.91. The summed E-state index contributed by atoms with van der Waals surface area (Å²) in [4.78, 5) is 25.7. The Morgan fingerprint density at radius 2 is 1.65 bits per heavy atom. The molecule has 0 radical (unpaired) electrons. The summed E-state index contributed by atoms with van der Waals surface area (Å²) < 4.78 is 37.6. The first kappa shape index (κ1) is 25.7. The molecule has 34 heavy (non-hydrogen) atoms. The number of rotatable bonds is 9. The second kappa shape index (κ2) is 11.5. The topological polar surface area (TPSA) is 102 Å². The molecular weight excluding hydrogens is 456 g/mol. The molecule has 1 unspecified atom stereocenters. The van der Waals surface area contributed by atoms with Crippen LogP contribution in [0, 0.1) is 5.92 Å². The fraction of sp³-hybridized carbons (Fsp3) is 0.440. The van der Waals surface area contributed by atoms with Crippen molar-refractivity contribution in [1.29, 1.82) is 0 Å². The van der Waals surface area contributed by atoms with Gasteiger partial charge in [-0.1, -0.05) is 30.3 Å². The Balaban J connectivity index is 1.66. The van der Waals surface area contributed by atoms with Crippen molar-refractivity contribution < 1.29 is 27.5 Å². The monoisotopic (exact) mass is 488 g/mol. The average Bonchev–Trinajstić information content (AvgIpc) is 2.83. The highest BCUT2D eigenvalue weighted by molar-refractivity contribution is 7.89. The Morgan fingerprint density at radius 1 is 1.03 bits per heavy atom. The van der Waals surface area contributed by atoms with Gasteiger partial charge in [0.2, 0.25) is 15.9 Å². The first-order valence-corrected chi connectivity index (χ1v) is 12.8. The zero-order valence-electron chi connectivity index (χ0n) is 19.8. The van der Waals surface area contributed by atoms with Crippen LogP contribution >= 0.6 is 0 Å². The minimum atomic E-state index is -3.58. The van der Waals surface area contributed by atoms with Gasteiger partial charge in [-0.05, 0) is 56.5 Å². The molecule has 2 aromatic rings. The summed E-state index contributed by atoms with van der Waals surface area (Å²) in [7, 11) is -2.01. The summed E-state index contributed by atoms with van der Waals surface area (Å²) in [6, 6.07) is 14.9. The number of methoxy groups -OCH3 is 1. The zero-order valence-corrected chi connectivity index (χ0v) is 20.6. The number of piperidine rings is 1. The van der Waals surface area contributed by atoms with Gasteiger partial charge in [-0.3, -0.25) is 9.59 Å². The fourth-order valence-electron chi connectivity index (χ4n) is 3.96. The van der Waals surface area contributed by atoms with Crippen molar-refractivity contribution in [3.63, 3.8) is 0 Å². The maximum atomic E-state index is 13.1. The van der Waals surface area contributed by atoms with E-state index in [-0.39, 0.29) is 42.3 Å². The maximum absolute atomic E-state index is 13.1. The first-order valence-electron chi connectivity index (χ1n) is 11.4. The van der Waals surface area contributed by atoms with Crippen LogP contribution in [0.4, 0.5) is 0 Å². The van der Waals surface area contributed by atoms with Crippen molar-refractivity contribution in [2.24, 2.45) is 5.92 Å². The lowest BCUT2D eigenvalue weighted by Crippen LogP contribution is -2.44. The molecule has 0 saturated carbocycles. The predicted octanol–water partition coefficient (Wildman–Crippen LogP) is 3.30. The minimum Gasteiger partial charge on any atom is -0.497 e. The third-order valence-electron chi connectivity index (χ3n) is 5.78. The number of amides is 1. The van der Waals surface area contributed by atoms with E-state index in [4.69, 9.17) is 9.47 Å². The van der Waals surface area contributed by atoms with Crippen molar-refractivity contribution in [1.82, 2.24) is 9.62 Å². The lowest BCUT2D eigenvalue weighted by atomic mass is 9.95. The van der Waals surface area contributed by atoms with Crippen molar-refractivity contribution in [3.05, 3.63) is 60.2 Å². The van der Waals surface area contributed by atoms with Crippen LogP contribution in [0.1, 0.15) is 44.7 Å². The van der Waals surface area contributed by atoms with E-state index in [0.29, 0.717) is 18.6 Å². The first-order chi connectivity index (χ1) is 16.2. The molecular formula is C25H32N2O6S. The van der Waals surface area contributed by atoms with Crippen molar-refractivity contribution >= 4 is 21.9 Å². The number of carbonyl (C=O) groups excluding carboxylic acids is 2. The molecule has 184 valence electrons. The molecule has 9 heteroatoms. The summed E-state index contributed by atoms with van der Waals surface area (Å²) in [5, 5.41) is 2.98. The van der Waals surface area contributed by atoms with E-state index >= 15 is 0 Å². The Morgan fingerprint density at radius 3 is 2.21 bits per heavy atom. The summed E-state index contributed by atoms with van der Waals surface area (Å²) in [5.41, 5.74) is 0.763. The van der Waals surface area contributed by atoms with Crippen molar-refractivity contribution in [3.8, 4) is 5.75 Å². The van der Waals surface area contributed by atoms with Crippen LogP contribution in [-0.2, 0) is 24.3 Å². The molecule has 0 aromatic heterocycles. The lowest BCUT2D eigenvalue weighted by Gasteiger charge is -2.31. The third kappa shape index (κ3) is 6.57. The number of hydrogen-bond donors (Lipinski definition) is 1. The van der Waals surface area contributed by atoms with E-state index in [2.05, 4.69) is 5.32 Å². The molecule has 8 nitrogen and oxygen atoms in total. The molecule has 1 saturated heterocycles. The van der Waals surface area contributed by atoms with E-state index in [1.54, 1.807) is 63.4 Å². The van der Waals surface area contributed by atoms with Crippen LogP contribution in [0.3, 0.4) is 0 Å². The second-order valence-electron chi connectivity index (χ2n) is 8.57. The van der Waals surface area contributed by atoms with Gasteiger partial charge in [0.25, 0.3) is 0 Å². The number of sulfonamides is 1. The van der Waals surface area contributed by atoms with Crippen LogP contribution in [0.5, 0.6) is 5.75 Å². The van der Waals surface area contributed by atoms with Gasteiger partial charge in [0.15, 0.2) is 0 Å². The van der Waals surface area contributed by atoms with Crippen LogP contribution in [-0.4, -0.2) is 50.9 Å². The highest BCUT2D eigenvalue weighted by Crippen LogP contribution is 2.26. The zero-order chi connectivity index (χ0) is 24.7. The number of nitrogens with zero attached hydrogens (tertiary/aromatic N) is 1. The summed E-state index contributed by atoms with van der Waals surface area (Å²) >= 11 is 0. The molecule has 1 atom stereocenters. The fourth-order valence-corrected chi connectivity index (χ4v) is 5.45. The number of benzene rings is 2. The molecule has 1 amide bonds. The number of hydrogen-bond acceptors (Lipinski definition) is 6. The van der Waals surface area contributed by atoms with Gasteiger partial charge < -0.3 is 14.8 Å². The largest absolute Gasteiger partial charge is 0.497 e. The maximum Gasteiger partial charge on any atom is 0.308 e. The van der Waals surface area contributed by atoms with Gasteiger partial charge >= 0.3 is 5.97 Å². The van der Waals surface area contributed by atoms with E-state index in [9.17, 15) is 18.0 Å². The summed E-state index contributed by atoms with van der Waals surface area (Å²) in [5.74, 6) is -0.274. The molecule has 1 heterocycles. The predicted molar refractivity (Wildman–Crippen MR) is 128 cm³/mol. The smallest absolute Gasteiger partial charge is 0.308 e. The number of carbonyl (C=O) groups is 2. The van der Waals surface area contributed by atoms with Gasteiger partial charge in [0.05, 0.1) is 30.6 Å². The van der Waals surface area contributed by atoms with E-state index < -0.39 is 22.0 Å². The van der Waals surface area contributed by atoms with Crippen molar-refractivity contribution in [2.75, 3.05) is 20.2 Å². The Labute approximate surface area is 201 Å². The standard InChI is InChI=1S/C25H32N2O6S/c1-18(2)33-24(28)17-23(19-9-11-21(32-3)12-10-19)26-25(29)20-13-15-27(16-14-20)34(30,31)22-7-5-4-6-8-22/h4-12,18,20,23H,13-17H2,1-3H3,(H,26,29). The van der Waals surface area contributed by atoms with Gasteiger partial charge in [0, 0.05) is 19.0 Å². The minimum absolute atomic E-state index is 0.00250. The molecule has 1 fully saturated rings. The van der Waals surface area contributed by atoms with E-state index in [0.717, 1.165) is 5.56 Å². The van der Waals surface area contributed by atoms with Crippen LogP contribution in [0.15, 0.2) is 59.5 Å². The van der Waals surface area contributed by atoms with Crippen LogP contribution < -0.4 is 10.1 Å². The van der Waals surface area contributed by atoms with Gasteiger partial charge in [-0.2, -0.15) is 4.31 Å². The molecule has 1 aliphatic rings. The Bertz CT molecular complexity index is 1060. The summed E-state index contributed by atoms with van der Waals surface area (Å²) in [6.07, 6.45) is 0.556. The Kier molecular flexibility index (Phi) is 8.68. The molecule has 1 N–H and O–H groups in total. The van der Waals surface area contributed by atoms with Gasteiger partial charge in [0.1, 0.15) is 5.75 Å². The van der Waals surface area contributed by atoms with E-state index in [1.807, 2.05) is 12.1 Å². The SMILES string of the molecule is COc1ccc(C(CC(=O)OC(C)C)NC(=O)C2CCN(S(=O)(=O)c3ccccc3)CC2)cc1. The highest BCUT2D eigenvalue weighted by atomic mass is 32.2. The number of ether oxygens (including phenoxy) is 2. The molecule has 2 aromatic carbocycles. The third-order valence-corrected chi connectivity index (χ3v) is 7.69. The van der Waals surface area contributed by atoms with E-state index in [1.165, 1.54) is 4.31 Å². The van der Waals surface area contributed by atoms with Crippen LogP contribution in [0.25, 0.3) is 0 Å². The quantitative estimate of drug-likeness (QED) is 0.544. The lowest BCUT2D eigenvalue weighted by molar-refractivity contribution is -0.148. The molecule has 1 aliphatic heterocycles. The second-order valence-corrected chi connectivity index (χ2v) is 10.5. The van der Waals surface area contributed by atoms with Gasteiger partial charge in [-0.25, -0.2) is 8.42 Å².